The number of benzene rings is 2. The van der Waals surface area contributed by atoms with Crippen molar-refractivity contribution >= 4 is 28.3 Å². The van der Waals surface area contributed by atoms with Crippen LogP contribution in [0.5, 0.6) is 5.75 Å². The average molecular weight is 464 g/mol. The highest BCUT2D eigenvalue weighted by atomic mass is 35.5. The molecule has 0 unspecified atom stereocenters. The number of hydrogen-bond donors (Lipinski definition) is 1. The fourth-order valence-corrected chi connectivity index (χ4v) is 4.59. The second kappa shape index (κ2) is 7.77. The summed E-state index contributed by atoms with van der Waals surface area (Å²) in [6.07, 6.45) is 1.27. The summed E-state index contributed by atoms with van der Waals surface area (Å²) in [6.45, 7) is 3.57. The molecule has 1 aromatic heterocycles. The molecule has 2 fully saturated rings. The number of aromatic nitrogens is 2. The third kappa shape index (κ3) is 3.03. The Morgan fingerprint density at radius 3 is 2.44 bits per heavy atom. The zero-order valence-corrected chi connectivity index (χ0v) is 17.9. The number of anilines is 1. The molecule has 3 heterocycles. The van der Waals surface area contributed by atoms with Crippen molar-refractivity contribution in [3.63, 3.8) is 0 Å². The molecule has 32 heavy (non-hydrogen) atoms. The van der Waals surface area contributed by atoms with Crippen LogP contribution in [0.4, 0.5) is 14.6 Å². The molecule has 5 rings (SSSR count). The van der Waals surface area contributed by atoms with Gasteiger partial charge in [-0.25, -0.2) is 18.7 Å². The number of halogens is 3. The first-order valence-corrected chi connectivity index (χ1v) is 10.4. The maximum Gasteiger partial charge on any atom is 0.188 e. The number of hydrogen-bond acceptors (Lipinski definition) is 7. The molecule has 2 aliphatic rings. The summed E-state index contributed by atoms with van der Waals surface area (Å²) in [5.41, 5.74) is 5.35. The maximum atomic E-state index is 14.8. The predicted octanol–water partition coefficient (Wildman–Crippen LogP) is 3.76. The molecule has 7 nitrogen and oxygen atoms in total. The van der Waals surface area contributed by atoms with Crippen LogP contribution in [0.25, 0.3) is 22.0 Å². The van der Waals surface area contributed by atoms with E-state index in [4.69, 9.17) is 36.3 Å². The van der Waals surface area contributed by atoms with Gasteiger partial charge in [0, 0.05) is 17.7 Å². The van der Waals surface area contributed by atoms with Crippen LogP contribution in [0.1, 0.15) is 6.92 Å². The third-order valence-corrected chi connectivity index (χ3v) is 6.35. The Bertz CT molecular complexity index is 1200. The minimum absolute atomic E-state index is 0.0845. The molecular weight excluding hydrogens is 444 g/mol. The van der Waals surface area contributed by atoms with Crippen molar-refractivity contribution in [2.45, 2.75) is 18.1 Å². The van der Waals surface area contributed by atoms with Crippen LogP contribution in [-0.4, -0.2) is 54.2 Å². The lowest BCUT2D eigenvalue weighted by molar-refractivity contribution is -0.109. The highest BCUT2D eigenvalue weighted by Gasteiger charge is 2.64. The van der Waals surface area contributed by atoms with Gasteiger partial charge in [-0.1, -0.05) is 11.6 Å². The van der Waals surface area contributed by atoms with E-state index in [1.54, 1.807) is 12.1 Å². The topological polar surface area (TPSA) is 88.7 Å². The lowest BCUT2D eigenvalue weighted by Crippen LogP contribution is -2.58. The molecule has 0 bridgehead atoms. The third-order valence-electron chi connectivity index (χ3n) is 6.00. The van der Waals surface area contributed by atoms with Gasteiger partial charge in [0.1, 0.15) is 28.7 Å². The summed E-state index contributed by atoms with van der Waals surface area (Å²) >= 11 is 5.79. The predicted molar refractivity (Wildman–Crippen MR) is 114 cm³/mol. The van der Waals surface area contributed by atoms with Gasteiger partial charge in [0.05, 0.1) is 37.3 Å². The smallest absolute Gasteiger partial charge is 0.188 e. The zero-order chi connectivity index (χ0) is 22.5. The molecule has 2 aliphatic heterocycles. The molecule has 0 amide bonds. The first-order chi connectivity index (χ1) is 15.4. The molecule has 2 saturated heterocycles. The Hall–Kier alpha value is -2.59. The number of fused-ring (bicyclic) bond motifs is 2. The van der Waals surface area contributed by atoms with E-state index in [1.807, 2.05) is 6.92 Å². The minimum Gasteiger partial charge on any atom is -0.478 e. The molecule has 0 radical (unpaired) electrons. The highest BCUT2D eigenvalue weighted by molar-refractivity contribution is 6.31. The van der Waals surface area contributed by atoms with Gasteiger partial charge in [-0.15, -0.1) is 0 Å². The van der Waals surface area contributed by atoms with Crippen molar-refractivity contribution in [3.8, 4) is 16.9 Å². The number of nitrogens with two attached hydrogens (primary N) is 1. The van der Waals surface area contributed by atoms with Crippen molar-refractivity contribution in [1.29, 1.82) is 0 Å². The van der Waals surface area contributed by atoms with Gasteiger partial charge in [-0.05, 0) is 31.2 Å². The lowest BCUT2D eigenvalue weighted by Gasteiger charge is -2.36. The molecule has 10 heteroatoms. The Morgan fingerprint density at radius 2 is 1.72 bits per heavy atom. The largest absolute Gasteiger partial charge is 0.478 e. The van der Waals surface area contributed by atoms with Gasteiger partial charge in [0.15, 0.2) is 17.0 Å². The van der Waals surface area contributed by atoms with Crippen LogP contribution in [0.3, 0.4) is 0 Å². The summed E-state index contributed by atoms with van der Waals surface area (Å²) in [4.78, 5) is 8.40. The zero-order valence-electron chi connectivity index (χ0n) is 17.2. The van der Waals surface area contributed by atoms with Crippen LogP contribution >= 0.6 is 11.6 Å². The second-order valence-electron chi connectivity index (χ2n) is 7.83. The van der Waals surface area contributed by atoms with Crippen molar-refractivity contribution in [2.75, 3.05) is 38.8 Å². The summed E-state index contributed by atoms with van der Waals surface area (Å²) in [7, 11) is 0. The minimum atomic E-state index is -0.888. The molecule has 2 aromatic carbocycles. The molecule has 0 aliphatic carbocycles. The van der Waals surface area contributed by atoms with Crippen molar-refractivity contribution in [1.82, 2.24) is 9.97 Å². The van der Waals surface area contributed by atoms with Gasteiger partial charge >= 0.3 is 0 Å². The molecule has 168 valence electrons. The maximum absolute atomic E-state index is 14.8. The highest BCUT2D eigenvalue weighted by Crippen LogP contribution is 2.45. The number of nitrogen functional groups attached to an aromatic ring is 1. The first kappa shape index (κ1) is 21.3. The monoisotopic (exact) mass is 463 g/mol. The Labute approximate surface area is 187 Å². The van der Waals surface area contributed by atoms with E-state index in [1.165, 1.54) is 12.4 Å². The van der Waals surface area contributed by atoms with E-state index in [9.17, 15) is 8.78 Å². The van der Waals surface area contributed by atoms with Gasteiger partial charge in [-0.2, -0.15) is 0 Å². The van der Waals surface area contributed by atoms with Crippen molar-refractivity contribution in [3.05, 3.63) is 47.2 Å². The van der Waals surface area contributed by atoms with Crippen LogP contribution in [-0.2, 0) is 14.2 Å². The van der Waals surface area contributed by atoms with Gasteiger partial charge < -0.3 is 24.7 Å². The Morgan fingerprint density at radius 1 is 1.03 bits per heavy atom. The summed E-state index contributed by atoms with van der Waals surface area (Å²) in [6, 6.07) is 5.68. The van der Waals surface area contributed by atoms with Crippen LogP contribution in [0.2, 0.25) is 5.02 Å². The van der Waals surface area contributed by atoms with Gasteiger partial charge in [0.25, 0.3) is 0 Å². The fraction of sp³-hybridized carbons (Fsp3) is 0.364. The van der Waals surface area contributed by atoms with E-state index < -0.39 is 27.9 Å². The van der Waals surface area contributed by atoms with Crippen LogP contribution in [0, 0.1) is 11.6 Å². The first-order valence-electron chi connectivity index (χ1n) is 10.1. The van der Waals surface area contributed by atoms with Gasteiger partial charge in [0.2, 0.25) is 0 Å². The van der Waals surface area contributed by atoms with Crippen molar-refractivity contribution in [2.24, 2.45) is 0 Å². The molecule has 0 saturated carbocycles. The van der Waals surface area contributed by atoms with Crippen molar-refractivity contribution < 1.29 is 27.7 Å². The quantitative estimate of drug-likeness (QED) is 0.576. The SMILES string of the molecule is CCOC12COCC1(Oc1ccc(-c3ccc(F)c(Cl)c3F)c3ncnc(N)c13)COC2. The normalized spacial score (nSPS) is 24.8. The second-order valence-corrected chi connectivity index (χ2v) is 8.20. The van der Waals surface area contributed by atoms with Crippen LogP contribution in [0.15, 0.2) is 30.6 Å². The van der Waals surface area contributed by atoms with Crippen LogP contribution < -0.4 is 10.5 Å². The molecule has 3 aromatic rings. The average Bonchev–Trinajstić information content (AvgIpc) is 3.27. The molecular formula is C22H20ClF2N3O4. The number of rotatable bonds is 5. The van der Waals surface area contributed by atoms with E-state index in [-0.39, 0.29) is 24.6 Å². The van der Waals surface area contributed by atoms with E-state index in [2.05, 4.69) is 9.97 Å². The molecule has 0 spiro atoms. The summed E-state index contributed by atoms with van der Waals surface area (Å²) < 4.78 is 52.4. The molecule has 2 N–H and O–H groups in total. The van der Waals surface area contributed by atoms with Gasteiger partial charge in [-0.3, -0.25) is 0 Å². The molecule has 0 atom stereocenters. The Balaban J connectivity index is 1.66. The fourth-order valence-electron chi connectivity index (χ4n) is 4.43. The number of ether oxygens (including phenoxy) is 4. The standard InChI is InChI=1S/C22H20ClF2N3O4/c1-2-31-21-7-29-9-22(21,10-30-8-21)32-15-6-4-13(19-16(15)20(26)28-11-27-19)12-3-5-14(24)17(23)18(12)25/h3-6,11H,2,7-10H2,1H3,(H2,26,27,28). The van der Waals surface area contributed by atoms with E-state index >= 15 is 0 Å². The Kier molecular flexibility index (Phi) is 5.16. The van der Waals surface area contributed by atoms with E-state index in [0.29, 0.717) is 42.0 Å². The number of nitrogens with zero attached hydrogens (tertiary/aromatic N) is 2. The lowest BCUT2D eigenvalue weighted by atomic mass is 9.88. The summed E-state index contributed by atoms with van der Waals surface area (Å²) in [5, 5.41) is -0.201. The summed E-state index contributed by atoms with van der Waals surface area (Å²) in [5.74, 6) is -1.20. The van der Waals surface area contributed by atoms with E-state index in [0.717, 1.165) is 6.07 Å².